The summed E-state index contributed by atoms with van der Waals surface area (Å²) in [5.41, 5.74) is 0. The third kappa shape index (κ3) is 3.73. The molecule has 1 rings (SSSR count). The number of likely N-dealkylation sites (N-methyl/N-ethyl adjacent to an activating group) is 1. The van der Waals surface area contributed by atoms with Gasteiger partial charge >= 0.3 is 5.97 Å². The van der Waals surface area contributed by atoms with Gasteiger partial charge in [-0.15, -0.1) is 0 Å². The molecule has 5 nitrogen and oxygen atoms in total. The van der Waals surface area contributed by atoms with E-state index in [0.717, 1.165) is 13.0 Å². The summed E-state index contributed by atoms with van der Waals surface area (Å²) < 4.78 is 5.02. The van der Waals surface area contributed by atoms with Crippen LogP contribution in [0, 0.1) is 0 Å². The van der Waals surface area contributed by atoms with Crippen LogP contribution in [0.2, 0.25) is 0 Å². The summed E-state index contributed by atoms with van der Waals surface area (Å²) in [5.74, 6) is -0.765. The van der Waals surface area contributed by atoms with Gasteiger partial charge in [0.15, 0.2) is 0 Å². The molecule has 2 atom stereocenters. The van der Waals surface area contributed by atoms with Crippen molar-refractivity contribution in [2.24, 2.45) is 0 Å². The van der Waals surface area contributed by atoms with Gasteiger partial charge in [-0.2, -0.15) is 0 Å². The Morgan fingerprint density at radius 1 is 1.62 bits per heavy atom. The van der Waals surface area contributed by atoms with Crippen molar-refractivity contribution in [3.63, 3.8) is 0 Å². The summed E-state index contributed by atoms with van der Waals surface area (Å²) in [4.78, 5) is 15.1. The summed E-state index contributed by atoms with van der Waals surface area (Å²) in [7, 11) is 3.72. The van der Waals surface area contributed by atoms with Crippen molar-refractivity contribution in [2.45, 2.75) is 25.4 Å². The molecule has 5 heteroatoms. The second-order valence-corrected chi connectivity index (χ2v) is 4.54. The minimum Gasteiger partial charge on any atom is -0.480 e. The fourth-order valence-corrected chi connectivity index (χ4v) is 2.20. The second-order valence-electron chi connectivity index (χ2n) is 4.54. The van der Waals surface area contributed by atoms with E-state index < -0.39 is 5.97 Å². The van der Waals surface area contributed by atoms with Crippen LogP contribution >= 0.6 is 0 Å². The largest absolute Gasteiger partial charge is 0.480 e. The van der Waals surface area contributed by atoms with E-state index in [1.807, 2.05) is 4.90 Å². The van der Waals surface area contributed by atoms with Crippen molar-refractivity contribution in [1.29, 1.82) is 0 Å². The van der Waals surface area contributed by atoms with Crippen molar-refractivity contribution in [3.8, 4) is 0 Å². The molecule has 0 aliphatic carbocycles. The number of nitrogens with zero attached hydrogens (tertiary/aromatic N) is 2. The third-order valence-electron chi connectivity index (χ3n) is 3.30. The number of carboxylic acids is 1. The van der Waals surface area contributed by atoms with Crippen LogP contribution in [0.25, 0.3) is 0 Å². The van der Waals surface area contributed by atoms with Gasteiger partial charge in [-0.1, -0.05) is 0 Å². The van der Waals surface area contributed by atoms with Gasteiger partial charge in [0, 0.05) is 32.3 Å². The smallest absolute Gasteiger partial charge is 0.317 e. The summed E-state index contributed by atoms with van der Waals surface area (Å²) in [6, 6.07) is 0.870. The molecule has 1 aliphatic heterocycles. The van der Waals surface area contributed by atoms with Gasteiger partial charge < -0.3 is 14.7 Å². The Morgan fingerprint density at radius 2 is 2.31 bits per heavy atom. The number of rotatable bonds is 6. The molecular formula is C11H22N2O3. The summed E-state index contributed by atoms with van der Waals surface area (Å²) in [6.07, 6.45) is 1.04. The molecule has 0 spiro atoms. The molecule has 0 amide bonds. The molecule has 0 saturated carbocycles. The fraction of sp³-hybridized carbons (Fsp3) is 0.909. The Labute approximate surface area is 97.0 Å². The molecule has 16 heavy (non-hydrogen) atoms. The highest BCUT2D eigenvalue weighted by Gasteiger charge is 2.31. The van der Waals surface area contributed by atoms with E-state index in [2.05, 4.69) is 18.9 Å². The van der Waals surface area contributed by atoms with Gasteiger partial charge in [0.25, 0.3) is 0 Å². The van der Waals surface area contributed by atoms with Crippen molar-refractivity contribution in [1.82, 2.24) is 9.80 Å². The minimum atomic E-state index is -0.765. The number of methoxy groups -OCH3 is 1. The SMILES string of the molecule is COCCN(CC(=O)O)C1CC(C)N(C)C1. The van der Waals surface area contributed by atoms with Gasteiger partial charge in [-0.3, -0.25) is 9.69 Å². The first-order valence-corrected chi connectivity index (χ1v) is 5.69. The first-order valence-electron chi connectivity index (χ1n) is 5.69. The fourth-order valence-electron chi connectivity index (χ4n) is 2.20. The number of ether oxygens (including phenoxy) is 1. The van der Waals surface area contributed by atoms with Crippen molar-refractivity contribution < 1.29 is 14.6 Å². The topological polar surface area (TPSA) is 53.0 Å². The van der Waals surface area contributed by atoms with Crippen LogP contribution in [-0.4, -0.2) is 73.4 Å². The Kier molecular flexibility index (Phi) is 5.18. The zero-order chi connectivity index (χ0) is 12.1. The molecule has 1 saturated heterocycles. The number of carbonyl (C=O) groups is 1. The lowest BCUT2D eigenvalue weighted by molar-refractivity contribution is -0.139. The molecule has 0 aromatic carbocycles. The van der Waals surface area contributed by atoms with Crippen molar-refractivity contribution in [2.75, 3.05) is 40.4 Å². The quantitative estimate of drug-likeness (QED) is 0.702. The first kappa shape index (κ1) is 13.4. The average molecular weight is 230 g/mol. The van der Waals surface area contributed by atoms with Crippen LogP contribution in [0.3, 0.4) is 0 Å². The van der Waals surface area contributed by atoms with Crippen LogP contribution in [0.1, 0.15) is 13.3 Å². The summed E-state index contributed by atoms with van der Waals surface area (Å²) >= 11 is 0. The normalized spacial score (nSPS) is 26.5. The predicted molar refractivity (Wildman–Crippen MR) is 61.6 cm³/mol. The predicted octanol–water partition coefficient (Wildman–Crippen LogP) is 0.112. The maximum Gasteiger partial charge on any atom is 0.317 e. The molecule has 1 heterocycles. The van der Waals surface area contributed by atoms with Gasteiger partial charge in [-0.25, -0.2) is 0 Å². The van der Waals surface area contributed by atoms with Crippen molar-refractivity contribution in [3.05, 3.63) is 0 Å². The van der Waals surface area contributed by atoms with Crippen molar-refractivity contribution >= 4 is 5.97 Å². The molecule has 1 aliphatic rings. The summed E-state index contributed by atoms with van der Waals surface area (Å²) in [6.45, 7) is 4.50. The Morgan fingerprint density at radius 3 is 2.75 bits per heavy atom. The van der Waals surface area contributed by atoms with Crippen LogP contribution < -0.4 is 0 Å². The molecule has 0 aromatic rings. The molecule has 1 N–H and O–H groups in total. The molecule has 0 bridgehead atoms. The van der Waals surface area contributed by atoms with Crippen LogP contribution in [0.5, 0.6) is 0 Å². The van der Waals surface area contributed by atoms with Gasteiger partial charge in [0.2, 0.25) is 0 Å². The van der Waals surface area contributed by atoms with E-state index in [4.69, 9.17) is 9.84 Å². The van der Waals surface area contributed by atoms with E-state index in [-0.39, 0.29) is 6.54 Å². The molecule has 0 radical (unpaired) electrons. The van der Waals surface area contributed by atoms with E-state index in [9.17, 15) is 4.79 Å². The molecule has 1 fully saturated rings. The molecular weight excluding hydrogens is 208 g/mol. The van der Waals surface area contributed by atoms with Gasteiger partial charge in [0.05, 0.1) is 13.2 Å². The zero-order valence-electron chi connectivity index (χ0n) is 10.3. The minimum absolute atomic E-state index is 0.106. The number of aliphatic carboxylic acids is 1. The molecule has 2 unspecified atom stereocenters. The number of hydrogen-bond acceptors (Lipinski definition) is 4. The number of carboxylic acid groups (broad SMARTS) is 1. The maximum absolute atomic E-state index is 10.8. The van der Waals surface area contributed by atoms with Crippen LogP contribution in [0.4, 0.5) is 0 Å². The van der Waals surface area contributed by atoms with E-state index in [1.54, 1.807) is 7.11 Å². The Hall–Kier alpha value is -0.650. The third-order valence-corrected chi connectivity index (χ3v) is 3.30. The van der Waals surface area contributed by atoms with Gasteiger partial charge in [0.1, 0.15) is 0 Å². The lowest BCUT2D eigenvalue weighted by Crippen LogP contribution is -2.42. The lowest BCUT2D eigenvalue weighted by atomic mass is 10.1. The van der Waals surface area contributed by atoms with E-state index >= 15 is 0 Å². The highest BCUT2D eigenvalue weighted by atomic mass is 16.5. The van der Waals surface area contributed by atoms with Crippen LogP contribution in [0.15, 0.2) is 0 Å². The Balaban J connectivity index is 2.51. The average Bonchev–Trinajstić information content (AvgIpc) is 2.53. The second kappa shape index (κ2) is 6.18. The van der Waals surface area contributed by atoms with Gasteiger partial charge in [-0.05, 0) is 20.4 Å². The van der Waals surface area contributed by atoms with E-state index in [1.165, 1.54) is 0 Å². The first-order chi connectivity index (χ1) is 7.54. The molecule has 94 valence electrons. The van der Waals surface area contributed by atoms with E-state index in [0.29, 0.717) is 25.2 Å². The highest BCUT2D eigenvalue weighted by molar-refractivity contribution is 5.69. The summed E-state index contributed by atoms with van der Waals surface area (Å²) in [5, 5.41) is 8.88. The standard InChI is InChI=1S/C11H22N2O3/c1-9-6-10(7-12(9)2)13(4-5-16-3)8-11(14)15/h9-10H,4-8H2,1-3H3,(H,14,15). The number of likely N-dealkylation sites (tertiary alicyclic amines) is 1. The highest BCUT2D eigenvalue weighted by Crippen LogP contribution is 2.19. The maximum atomic E-state index is 10.8. The molecule has 0 aromatic heterocycles. The zero-order valence-corrected chi connectivity index (χ0v) is 10.3. The van der Waals surface area contributed by atoms with Crippen LogP contribution in [-0.2, 0) is 9.53 Å². The monoisotopic (exact) mass is 230 g/mol. The Bertz CT molecular complexity index is 225. The number of hydrogen-bond donors (Lipinski definition) is 1. The lowest BCUT2D eigenvalue weighted by Gasteiger charge is -2.26.